The van der Waals surface area contributed by atoms with E-state index in [1.165, 1.54) is 30.4 Å². The van der Waals surface area contributed by atoms with Crippen LogP contribution in [-0.4, -0.2) is 17.9 Å². The smallest absolute Gasteiger partial charge is 0.187 e. The molecule has 0 aromatic heterocycles. The van der Waals surface area contributed by atoms with Gasteiger partial charge in [-0.15, -0.1) is 0 Å². The summed E-state index contributed by atoms with van der Waals surface area (Å²) in [5.74, 6) is 0.846. The SMILES string of the molecule is COc1ccc(CNC(=S)N/N=C(/C)c2ccc3c(c2)CCC3)cc1. The molecule has 5 heteroatoms. The van der Waals surface area contributed by atoms with Gasteiger partial charge in [0.2, 0.25) is 0 Å². The normalized spacial score (nSPS) is 13.3. The molecular weight excluding hydrogens is 330 g/mol. The van der Waals surface area contributed by atoms with Crippen LogP contribution in [0.15, 0.2) is 47.6 Å². The minimum absolute atomic E-state index is 0.510. The van der Waals surface area contributed by atoms with Gasteiger partial charge in [-0.25, -0.2) is 0 Å². The van der Waals surface area contributed by atoms with E-state index in [1.807, 2.05) is 31.2 Å². The highest BCUT2D eigenvalue weighted by atomic mass is 32.1. The minimum atomic E-state index is 0.510. The average Bonchev–Trinajstić information content (AvgIpc) is 3.12. The van der Waals surface area contributed by atoms with Crippen LogP contribution in [0.25, 0.3) is 0 Å². The van der Waals surface area contributed by atoms with E-state index < -0.39 is 0 Å². The molecule has 0 amide bonds. The summed E-state index contributed by atoms with van der Waals surface area (Å²) >= 11 is 5.30. The Hall–Kier alpha value is -2.40. The quantitative estimate of drug-likeness (QED) is 0.490. The molecule has 0 saturated carbocycles. The molecular formula is C20H23N3OS. The fourth-order valence-corrected chi connectivity index (χ4v) is 3.08. The van der Waals surface area contributed by atoms with E-state index in [-0.39, 0.29) is 0 Å². The van der Waals surface area contributed by atoms with Crippen molar-refractivity contribution in [1.82, 2.24) is 10.7 Å². The standard InChI is InChI=1S/C20H23N3OS/c1-14(17-9-8-16-4-3-5-18(16)12-17)22-23-20(25)21-13-15-6-10-19(24-2)11-7-15/h6-12H,3-5,13H2,1-2H3,(H2,21,23,25)/b22-14-. The van der Waals surface area contributed by atoms with Crippen molar-refractivity contribution in [2.24, 2.45) is 5.10 Å². The van der Waals surface area contributed by atoms with E-state index in [0.717, 1.165) is 22.6 Å². The van der Waals surface area contributed by atoms with Gasteiger partial charge in [0.05, 0.1) is 12.8 Å². The van der Waals surface area contributed by atoms with Crippen molar-refractivity contribution >= 4 is 23.0 Å². The van der Waals surface area contributed by atoms with Crippen molar-refractivity contribution in [1.29, 1.82) is 0 Å². The summed E-state index contributed by atoms with van der Waals surface area (Å²) in [4.78, 5) is 0. The maximum Gasteiger partial charge on any atom is 0.187 e. The van der Waals surface area contributed by atoms with E-state index in [0.29, 0.717) is 11.7 Å². The lowest BCUT2D eigenvalue weighted by Crippen LogP contribution is -2.32. The molecule has 0 aliphatic heterocycles. The first-order valence-corrected chi connectivity index (χ1v) is 8.90. The number of benzene rings is 2. The van der Waals surface area contributed by atoms with Crippen LogP contribution >= 0.6 is 12.2 Å². The zero-order valence-corrected chi connectivity index (χ0v) is 15.5. The Kier molecular flexibility index (Phi) is 5.66. The van der Waals surface area contributed by atoms with Crippen LogP contribution in [0.3, 0.4) is 0 Å². The molecule has 0 bridgehead atoms. The summed E-state index contributed by atoms with van der Waals surface area (Å²) in [5, 5.41) is 8.07. The van der Waals surface area contributed by atoms with Gasteiger partial charge in [-0.2, -0.15) is 5.10 Å². The van der Waals surface area contributed by atoms with Gasteiger partial charge in [0.25, 0.3) is 0 Å². The molecule has 0 unspecified atom stereocenters. The third-order valence-electron chi connectivity index (χ3n) is 4.45. The second-order valence-corrected chi connectivity index (χ2v) is 6.59. The molecule has 130 valence electrons. The number of thiocarbonyl (C=S) groups is 1. The highest BCUT2D eigenvalue weighted by Gasteiger charge is 2.11. The van der Waals surface area contributed by atoms with Crippen LogP contribution in [-0.2, 0) is 19.4 Å². The largest absolute Gasteiger partial charge is 0.497 e. The Morgan fingerprint density at radius 3 is 2.64 bits per heavy atom. The number of aryl methyl sites for hydroxylation is 2. The van der Waals surface area contributed by atoms with Gasteiger partial charge in [-0.05, 0) is 78.9 Å². The molecule has 0 spiro atoms. The number of rotatable bonds is 5. The zero-order valence-electron chi connectivity index (χ0n) is 14.6. The molecule has 25 heavy (non-hydrogen) atoms. The molecule has 0 heterocycles. The van der Waals surface area contributed by atoms with E-state index >= 15 is 0 Å². The van der Waals surface area contributed by atoms with Gasteiger partial charge in [-0.3, -0.25) is 5.43 Å². The van der Waals surface area contributed by atoms with Crippen molar-refractivity contribution in [3.8, 4) is 5.75 Å². The minimum Gasteiger partial charge on any atom is -0.497 e. The third-order valence-corrected chi connectivity index (χ3v) is 4.69. The molecule has 2 N–H and O–H groups in total. The number of hydrogen-bond acceptors (Lipinski definition) is 3. The predicted molar refractivity (Wildman–Crippen MR) is 106 cm³/mol. The van der Waals surface area contributed by atoms with Gasteiger partial charge >= 0.3 is 0 Å². The summed E-state index contributed by atoms with van der Waals surface area (Å²) in [5.41, 5.74) is 9.06. The lowest BCUT2D eigenvalue weighted by molar-refractivity contribution is 0.414. The van der Waals surface area contributed by atoms with Crippen molar-refractivity contribution in [3.63, 3.8) is 0 Å². The van der Waals surface area contributed by atoms with E-state index in [1.54, 1.807) is 7.11 Å². The summed E-state index contributed by atoms with van der Waals surface area (Å²) in [6.45, 7) is 2.64. The number of hydrogen-bond donors (Lipinski definition) is 2. The third kappa shape index (κ3) is 4.57. The summed E-state index contributed by atoms with van der Waals surface area (Å²) in [7, 11) is 1.66. The van der Waals surface area contributed by atoms with Crippen molar-refractivity contribution < 1.29 is 4.74 Å². The van der Waals surface area contributed by atoms with Gasteiger partial charge in [0.1, 0.15) is 5.75 Å². The van der Waals surface area contributed by atoms with Crippen molar-refractivity contribution in [3.05, 3.63) is 64.7 Å². The van der Waals surface area contributed by atoms with Gasteiger partial charge in [0.15, 0.2) is 5.11 Å². The first kappa shape index (κ1) is 17.4. The zero-order chi connectivity index (χ0) is 17.6. The number of methoxy groups -OCH3 is 1. The lowest BCUT2D eigenvalue weighted by Gasteiger charge is -2.09. The molecule has 4 nitrogen and oxygen atoms in total. The topological polar surface area (TPSA) is 45.6 Å². The molecule has 2 aromatic rings. The molecule has 1 aliphatic rings. The molecule has 0 fully saturated rings. The van der Waals surface area contributed by atoms with E-state index in [2.05, 4.69) is 34.0 Å². The van der Waals surface area contributed by atoms with Crippen LogP contribution < -0.4 is 15.5 Å². The first-order valence-electron chi connectivity index (χ1n) is 8.49. The maximum atomic E-state index is 5.30. The number of fused-ring (bicyclic) bond motifs is 1. The van der Waals surface area contributed by atoms with Gasteiger partial charge in [-0.1, -0.05) is 24.3 Å². The van der Waals surface area contributed by atoms with Crippen LogP contribution in [0.1, 0.15) is 35.6 Å². The van der Waals surface area contributed by atoms with Crippen LogP contribution in [0, 0.1) is 0 Å². The number of hydrazone groups is 1. The molecule has 0 radical (unpaired) electrons. The molecule has 3 rings (SSSR count). The number of nitrogens with zero attached hydrogens (tertiary/aromatic N) is 1. The highest BCUT2D eigenvalue weighted by Crippen LogP contribution is 2.23. The Bertz CT molecular complexity index is 784. The van der Waals surface area contributed by atoms with Gasteiger partial charge < -0.3 is 10.1 Å². The summed E-state index contributed by atoms with van der Waals surface area (Å²) in [6, 6.07) is 14.5. The van der Waals surface area contributed by atoms with Crippen LogP contribution in [0.4, 0.5) is 0 Å². The summed E-state index contributed by atoms with van der Waals surface area (Å²) in [6.07, 6.45) is 3.63. The first-order chi connectivity index (χ1) is 12.2. The second-order valence-electron chi connectivity index (χ2n) is 6.18. The fourth-order valence-electron chi connectivity index (χ4n) is 2.96. The van der Waals surface area contributed by atoms with Gasteiger partial charge in [0, 0.05) is 6.54 Å². The predicted octanol–water partition coefficient (Wildman–Crippen LogP) is 3.57. The van der Waals surface area contributed by atoms with E-state index in [4.69, 9.17) is 17.0 Å². The molecule has 1 aliphatic carbocycles. The average molecular weight is 353 g/mol. The Morgan fingerprint density at radius 1 is 1.12 bits per heavy atom. The maximum absolute atomic E-state index is 5.30. The molecule has 0 atom stereocenters. The Morgan fingerprint density at radius 2 is 1.88 bits per heavy atom. The summed E-state index contributed by atoms with van der Waals surface area (Å²) < 4.78 is 5.15. The van der Waals surface area contributed by atoms with Crippen molar-refractivity contribution in [2.75, 3.05) is 7.11 Å². The fraction of sp³-hybridized carbons (Fsp3) is 0.300. The highest BCUT2D eigenvalue weighted by molar-refractivity contribution is 7.80. The Balaban J connectivity index is 1.52. The van der Waals surface area contributed by atoms with Crippen LogP contribution in [0.2, 0.25) is 0 Å². The monoisotopic (exact) mass is 353 g/mol. The van der Waals surface area contributed by atoms with E-state index in [9.17, 15) is 0 Å². The lowest BCUT2D eigenvalue weighted by atomic mass is 10.0. The number of nitrogens with one attached hydrogen (secondary N) is 2. The molecule has 0 saturated heterocycles. The second kappa shape index (κ2) is 8.12. The molecule has 2 aromatic carbocycles. The van der Waals surface area contributed by atoms with Crippen molar-refractivity contribution in [2.45, 2.75) is 32.7 Å². The number of ether oxygens (including phenoxy) is 1. The Labute approximate surface area is 154 Å². The van der Waals surface area contributed by atoms with Crippen LogP contribution in [0.5, 0.6) is 5.75 Å².